The molecule has 15 atom stereocenters. The lowest BCUT2D eigenvalue weighted by Crippen LogP contribution is -2.63. The van der Waals surface area contributed by atoms with Crippen LogP contribution in [0.5, 0.6) is 0 Å². The fourth-order valence-electron chi connectivity index (χ4n) is 12.5. The number of nitrogens with one attached hydrogen (secondary N) is 5. The van der Waals surface area contributed by atoms with Gasteiger partial charge in [-0.2, -0.15) is 0 Å². The Morgan fingerprint density at radius 2 is 0.978 bits per heavy atom. The van der Waals surface area contributed by atoms with Gasteiger partial charge in [0.2, 0.25) is 65.0 Å². The van der Waals surface area contributed by atoms with Gasteiger partial charge in [0.25, 0.3) is 0 Å². The number of likely N-dealkylation sites (N-methyl/N-ethyl adjacent to an activating group) is 7. The molecule has 0 aromatic carbocycles. The fourth-order valence-corrected chi connectivity index (χ4v) is 12.5. The van der Waals surface area contributed by atoms with Crippen LogP contribution >= 0.6 is 0 Å². The third kappa shape index (κ3) is 19.9. The van der Waals surface area contributed by atoms with E-state index in [-0.39, 0.29) is 43.4 Å². The predicted molar refractivity (Wildman–Crippen MR) is 346 cm³/mol. The van der Waals surface area contributed by atoms with Crippen molar-refractivity contribution in [1.82, 2.24) is 65.8 Å². The van der Waals surface area contributed by atoms with Crippen molar-refractivity contribution in [3.8, 4) is 0 Å². The Labute approximate surface area is 537 Å². The summed E-state index contributed by atoms with van der Waals surface area (Å²) in [6, 6.07) is -13.3. The third-order valence-corrected chi connectivity index (χ3v) is 18.2. The van der Waals surface area contributed by atoms with Crippen LogP contribution in [0.25, 0.3) is 0 Å². The number of hydrogen-bond donors (Lipinski definition) is 5. The van der Waals surface area contributed by atoms with E-state index in [9.17, 15) is 28.8 Å². The van der Waals surface area contributed by atoms with Crippen molar-refractivity contribution in [3.63, 3.8) is 0 Å². The van der Waals surface area contributed by atoms with Gasteiger partial charge in [0, 0.05) is 82.1 Å². The largest absolute Gasteiger partial charge is 0.370 e. The zero-order chi connectivity index (χ0) is 68.7. The molecule has 3 aliphatic rings. The first-order valence-electron chi connectivity index (χ1n) is 32.7. The molecule has 15 unspecified atom stereocenters. The van der Waals surface area contributed by atoms with Crippen LogP contribution in [0.4, 0.5) is 0 Å². The molecule has 0 spiro atoms. The molecule has 5 N–H and O–H groups in total. The molecule has 3 saturated heterocycles. The number of allylic oxidation sites excluding steroid dienone is 2. The Hall–Kier alpha value is -6.21. The smallest absolute Gasteiger partial charge is 0.248 e. The summed E-state index contributed by atoms with van der Waals surface area (Å²) in [7, 11) is 10.2. The predicted octanol–water partition coefficient (Wildman–Crippen LogP) is 1.92. The molecule has 0 aromatic rings. The van der Waals surface area contributed by atoms with Crippen LogP contribution in [0.2, 0.25) is 0 Å². The van der Waals surface area contributed by atoms with E-state index in [0.717, 1.165) is 0 Å². The van der Waals surface area contributed by atoms with Crippen LogP contribution in [0.15, 0.2) is 12.2 Å². The first kappa shape index (κ1) is 78.0. The lowest BCUT2D eigenvalue weighted by atomic mass is 9.92. The number of ether oxygens (including phenoxy) is 1. The zero-order valence-corrected chi connectivity index (χ0v) is 58.7. The number of nitrogens with zero attached hydrogens (tertiary/aromatic N) is 8. The Bertz CT molecular complexity index is 2520. The van der Waals surface area contributed by atoms with E-state index in [1.807, 2.05) is 74.5 Å². The van der Waals surface area contributed by atoms with E-state index in [2.05, 4.69) is 31.5 Å². The van der Waals surface area contributed by atoms with Gasteiger partial charge >= 0.3 is 0 Å². The minimum absolute atomic E-state index is 0.0655. The zero-order valence-electron chi connectivity index (χ0n) is 58.7. The standard InChI is InChI=1S/C65H115N13O12/c1-24-26-27-40(11)54-53-58(82)69-46(25-2)61(85)71(17)44(15)60(84)75(21)51(41(12)35-78-30-28-66-29-31-78)57(81)70-50(39(9)10)64(88)72(18)47(32-36(3)4)56(80)67-42(13)55(79)68-43(14)59(83)73(19)48(33-37(5)6)62(86)74(20)49(34-38(7)8)63(87)76(22)52(45(16)90-54)65(89)77(53)23/h24,26,36-54,66H,25,27-35H2,1-23H3,(H,67,80)(H,68,79)(H,69,82)(H,70,81). The van der Waals surface area contributed by atoms with Crippen LogP contribution in [0.3, 0.4) is 0 Å². The molecule has 3 rings (SSSR count). The number of rotatable bonds is 14. The third-order valence-electron chi connectivity index (χ3n) is 18.2. The highest BCUT2D eigenvalue weighted by Crippen LogP contribution is 2.30. The van der Waals surface area contributed by atoms with Crippen molar-refractivity contribution in [1.29, 1.82) is 0 Å². The number of amides is 11. The highest BCUT2D eigenvalue weighted by Gasteiger charge is 2.50. The van der Waals surface area contributed by atoms with E-state index in [0.29, 0.717) is 39.1 Å². The minimum Gasteiger partial charge on any atom is -0.370 e. The summed E-state index contributed by atoms with van der Waals surface area (Å²) in [5, 5.41) is 14.6. The summed E-state index contributed by atoms with van der Waals surface area (Å²) in [5.74, 6) is -8.91. The van der Waals surface area contributed by atoms with Gasteiger partial charge in [0.05, 0.1) is 12.2 Å². The van der Waals surface area contributed by atoms with Crippen LogP contribution in [0.1, 0.15) is 143 Å². The molecule has 0 saturated carbocycles. The van der Waals surface area contributed by atoms with Crippen LogP contribution < -0.4 is 26.6 Å². The van der Waals surface area contributed by atoms with Gasteiger partial charge < -0.3 is 70.5 Å². The lowest BCUT2D eigenvalue weighted by Gasteiger charge is -2.40. The Balaban J connectivity index is 2.33. The van der Waals surface area contributed by atoms with E-state index >= 15 is 24.0 Å². The van der Waals surface area contributed by atoms with Gasteiger partial charge in [0.15, 0.2) is 0 Å². The summed E-state index contributed by atoms with van der Waals surface area (Å²) in [6.07, 6.45) is 2.77. The number of carbonyl (C=O) groups excluding carboxylic acids is 11. The molecule has 3 heterocycles. The number of hydrogen-bond acceptors (Lipinski definition) is 14. The summed E-state index contributed by atoms with van der Waals surface area (Å²) in [6.45, 7) is 31.4. The van der Waals surface area contributed by atoms with Gasteiger partial charge in [-0.1, -0.05) is 88.3 Å². The van der Waals surface area contributed by atoms with Crippen molar-refractivity contribution in [2.45, 2.75) is 222 Å². The average Bonchev–Trinajstić information content (AvgIpc) is 1.56. The van der Waals surface area contributed by atoms with Crippen molar-refractivity contribution < 1.29 is 57.5 Å². The molecule has 11 amide bonds. The molecule has 3 fully saturated rings. The van der Waals surface area contributed by atoms with Gasteiger partial charge in [-0.25, -0.2) is 0 Å². The normalized spacial score (nSPS) is 30.3. The molecular formula is C65H115N13O12. The maximum absolute atomic E-state index is 15.2. The molecule has 25 heteroatoms. The Morgan fingerprint density at radius 3 is 1.49 bits per heavy atom. The maximum atomic E-state index is 15.2. The second-order valence-corrected chi connectivity index (χ2v) is 27.4. The van der Waals surface area contributed by atoms with E-state index in [1.165, 1.54) is 104 Å². The lowest BCUT2D eigenvalue weighted by molar-refractivity contribution is -0.155. The molecule has 3 aliphatic heterocycles. The van der Waals surface area contributed by atoms with Crippen molar-refractivity contribution in [2.24, 2.45) is 35.5 Å². The molecule has 90 heavy (non-hydrogen) atoms. The number of fused-ring (bicyclic) bond motifs is 3. The van der Waals surface area contributed by atoms with Crippen LogP contribution in [-0.4, -0.2) is 265 Å². The van der Waals surface area contributed by atoms with Crippen LogP contribution in [-0.2, 0) is 57.5 Å². The number of piperazine rings is 1. The van der Waals surface area contributed by atoms with E-state index in [4.69, 9.17) is 4.74 Å². The summed E-state index contributed by atoms with van der Waals surface area (Å²) < 4.78 is 6.79. The Morgan fingerprint density at radius 1 is 0.489 bits per heavy atom. The molecular weight excluding hydrogens is 1150 g/mol. The highest BCUT2D eigenvalue weighted by molar-refractivity contribution is 6.00. The van der Waals surface area contributed by atoms with Crippen LogP contribution in [0, 0.1) is 35.5 Å². The van der Waals surface area contributed by atoms with E-state index in [1.54, 1.807) is 27.7 Å². The highest BCUT2D eigenvalue weighted by atomic mass is 16.5. The maximum Gasteiger partial charge on any atom is 0.248 e. The van der Waals surface area contributed by atoms with Gasteiger partial charge in [-0.3, -0.25) is 52.7 Å². The fraction of sp³-hybridized carbons (Fsp3) is 0.800. The molecule has 0 aromatic heterocycles. The molecule has 2 bridgehead atoms. The molecule has 25 nitrogen and oxygen atoms in total. The minimum atomic E-state index is -1.34. The van der Waals surface area contributed by atoms with E-state index < -0.39 is 161 Å². The van der Waals surface area contributed by atoms with Crippen molar-refractivity contribution in [3.05, 3.63) is 12.2 Å². The summed E-state index contributed by atoms with van der Waals surface area (Å²) >= 11 is 0. The van der Waals surface area contributed by atoms with Gasteiger partial charge in [-0.05, 0) is 102 Å². The van der Waals surface area contributed by atoms with Gasteiger partial charge in [0.1, 0.15) is 66.5 Å². The molecule has 512 valence electrons. The molecule has 0 aliphatic carbocycles. The number of carbonyl (C=O) groups is 11. The Kier molecular flexibility index (Phi) is 30.3. The van der Waals surface area contributed by atoms with Gasteiger partial charge in [-0.15, -0.1) is 0 Å². The van der Waals surface area contributed by atoms with Crippen molar-refractivity contribution in [2.75, 3.05) is 82.1 Å². The first-order chi connectivity index (χ1) is 41.9. The average molecular weight is 1270 g/mol. The second kappa shape index (κ2) is 35.0. The summed E-state index contributed by atoms with van der Waals surface area (Å²) in [4.78, 5) is 174. The second-order valence-electron chi connectivity index (χ2n) is 27.4. The monoisotopic (exact) mass is 1270 g/mol. The topological polar surface area (TPSA) is 283 Å². The quantitative estimate of drug-likeness (QED) is 0.156. The first-order valence-corrected chi connectivity index (χ1v) is 32.7. The summed E-state index contributed by atoms with van der Waals surface area (Å²) in [5.41, 5.74) is 0. The SMILES string of the molecule is CC=CCC(C)C1OC(C)C2C(=O)N(C)C1C(=O)NC(CC)C(=O)N(C)C(C)C(=O)N(C)C(C(C)CN1CCNCC1)C(=O)NC(C(C)C)C(=O)N(C)C(CC(C)C)C(=O)NC(C)C(=O)NC(C)C(=O)N(C)C(CC(C)C)C(=O)N(C)C(CC(C)C)C(=O)N2C. The molecule has 0 radical (unpaired) electrons. The van der Waals surface area contributed by atoms with Crippen molar-refractivity contribution >= 4 is 65.0 Å².